The Bertz CT molecular complexity index is 1670. The second-order valence-corrected chi connectivity index (χ2v) is 9.34. The van der Waals surface area contributed by atoms with E-state index in [-0.39, 0.29) is 11.6 Å². The molecule has 0 atom stereocenters. The van der Waals surface area contributed by atoms with E-state index in [2.05, 4.69) is 28.7 Å². The van der Waals surface area contributed by atoms with Crippen LogP contribution in [0, 0.1) is 11.6 Å². The molecule has 0 aliphatic rings. The minimum Gasteiger partial charge on any atom is -0.282 e. The second kappa shape index (κ2) is 9.36. The van der Waals surface area contributed by atoms with Crippen LogP contribution in [0.4, 0.5) is 8.78 Å². The molecule has 5 heteroatoms. The molecule has 0 N–H and O–H groups in total. The number of hydrogen-bond donors (Lipinski definition) is 0. The van der Waals surface area contributed by atoms with E-state index >= 15 is 0 Å². The van der Waals surface area contributed by atoms with Gasteiger partial charge in [-0.1, -0.05) is 90.2 Å². The van der Waals surface area contributed by atoms with Crippen molar-refractivity contribution in [3.8, 4) is 33.0 Å². The Kier molecular flexibility index (Phi) is 5.76. The fourth-order valence-corrected chi connectivity index (χ4v) is 5.46. The summed E-state index contributed by atoms with van der Waals surface area (Å²) in [5.74, 6) is -0.567. The highest BCUT2D eigenvalue weighted by Crippen LogP contribution is 2.42. The van der Waals surface area contributed by atoms with Gasteiger partial charge in [-0.25, -0.2) is 13.8 Å². The van der Waals surface area contributed by atoms with E-state index in [4.69, 9.17) is 4.98 Å². The first-order valence-electron chi connectivity index (χ1n) is 11.5. The molecule has 0 saturated heterocycles. The molecule has 36 heavy (non-hydrogen) atoms. The zero-order valence-corrected chi connectivity index (χ0v) is 19.9. The molecule has 0 radical (unpaired) electrons. The number of benzene rings is 4. The van der Waals surface area contributed by atoms with Crippen LogP contribution < -0.4 is 0 Å². The topological polar surface area (TPSA) is 17.3 Å². The third-order valence-corrected chi connectivity index (χ3v) is 7.11. The molecule has 0 bridgehead atoms. The van der Waals surface area contributed by atoms with Crippen LogP contribution in [0.1, 0.15) is 11.3 Å². The van der Waals surface area contributed by atoms with Crippen molar-refractivity contribution in [3.05, 3.63) is 132 Å². The minimum absolute atomic E-state index is 0.275. The normalized spacial score (nSPS) is 11.5. The summed E-state index contributed by atoms with van der Waals surface area (Å²) in [5, 5.41) is 0. The van der Waals surface area contributed by atoms with Gasteiger partial charge in [-0.05, 0) is 53.6 Å². The lowest BCUT2D eigenvalue weighted by atomic mass is 10.1. The van der Waals surface area contributed by atoms with Crippen LogP contribution in [-0.4, -0.2) is 9.38 Å². The van der Waals surface area contributed by atoms with E-state index in [1.165, 1.54) is 24.3 Å². The van der Waals surface area contributed by atoms with Gasteiger partial charge in [-0.2, -0.15) is 0 Å². The first-order chi connectivity index (χ1) is 17.7. The van der Waals surface area contributed by atoms with Gasteiger partial charge >= 0.3 is 0 Å². The van der Waals surface area contributed by atoms with Crippen molar-refractivity contribution >= 4 is 28.4 Å². The molecule has 0 saturated carbocycles. The Labute approximate surface area is 211 Å². The molecule has 0 unspecified atom stereocenters. The number of fused-ring (bicyclic) bond motifs is 1. The lowest BCUT2D eigenvalue weighted by Crippen LogP contribution is -1.92. The maximum Gasteiger partial charge on any atom is 0.195 e. The van der Waals surface area contributed by atoms with E-state index in [9.17, 15) is 8.78 Å². The third kappa shape index (κ3) is 4.14. The van der Waals surface area contributed by atoms with Crippen LogP contribution >= 0.6 is 11.3 Å². The van der Waals surface area contributed by atoms with Crippen molar-refractivity contribution in [2.45, 2.75) is 0 Å². The van der Waals surface area contributed by atoms with Gasteiger partial charge in [0.15, 0.2) is 4.96 Å². The number of halogens is 2. The minimum atomic E-state index is -0.292. The Balaban J connectivity index is 1.64. The van der Waals surface area contributed by atoms with Crippen LogP contribution in [0.25, 0.3) is 50.1 Å². The summed E-state index contributed by atoms with van der Waals surface area (Å²) >= 11 is 1.62. The Morgan fingerprint density at radius 2 is 1.19 bits per heavy atom. The SMILES string of the molecule is Fc1ccc(/C=C/c2c(-c3ccc(F)cc3)nc3sc(-c4ccccc4)c(-c4ccccc4)n23)cc1. The summed E-state index contributed by atoms with van der Waals surface area (Å²) in [5.41, 5.74) is 6.56. The maximum atomic E-state index is 13.7. The lowest BCUT2D eigenvalue weighted by molar-refractivity contribution is 0.627. The molecule has 4 aromatic carbocycles. The van der Waals surface area contributed by atoms with Crippen molar-refractivity contribution in [1.82, 2.24) is 9.38 Å². The van der Waals surface area contributed by atoms with E-state index in [1.807, 2.05) is 48.6 Å². The first kappa shape index (κ1) is 22.1. The van der Waals surface area contributed by atoms with Crippen LogP contribution in [-0.2, 0) is 0 Å². The van der Waals surface area contributed by atoms with E-state index in [1.54, 1.807) is 35.6 Å². The van der Waals surface area contributed by atoms with Crippen LogP contribution in [0.3, 0.4) is 0 Å². The van der Waals surface area contributed by atoms with Gasteiger partial charge in [0.05, 0.1) is 22.0 Å². The van der Waals surface area contributed by atoms with Gasteiger partial charge in [0.1, 0.15) is 11.6 Å². The standard InChI is InChI=1S/C31H20F2N2S/c32-25-16-11-21(12-17-25)13-20-27-28(22-14-18-26(33)19-15-22)34-31-35(27)29(23-7-3-1-4-8-23)30(36-31)24-9-5-2-6-10-24/h1-20H/b20-13+. The molecule has 0 aliphatic carbocycles. The average Bonchev–Trinajstić information content (AvgIpc) is 3.46. The molecule has 0 spiro atoms. The highest BCUT2D eigenvalue weighted by Gasteiger charge is 2.22. The summed E-state index contributed by atoms with van der Waals surface area (Å²) < 4.78 is 29.3. The third-order valence-electron chi connectivity index (χ3n) is 6.02. The quantitative estimate of drug-likeness (QED) is 0.236. The molecule has 6 aromatic rings. The predicted octanol–water partition coefficient (Wildman–Crippen LogP) is 8.85. The van der Waals surface area contributed by atoms with Gasteiger partial charge in [-0.3, -0.25) is 4.40 Å². The van der Waals surface area contributed by atoms with Crippen LogP contribution in [0.2, 0.25) is 0 Å². The molecular formula is C31H20F2N2S. The molecule has 0 fully saturated rings. The molecule has 0 aliphatic heterocycles. The molecule has 2 aromatic heterocycles. The average molecular weight is 491 g/mol. The Morgan fingerprint density at radius 3 is 1.83 bits per heavy atom. The summed E-state index contributed by atoms with van der Waals surface area (Å²) in [7, 11) is 0. The largest absolute Gasteiger partial charge is 0.282 e. The Morgan fingerprint density at radius 1 is 0.611 bits per heavy atom. The summed E-state index contributed by atoms with van der Waals surface area (Å²) in [6.45, 7) is 0. The zero-order chi connectivity index (χ0) is 24.5. The predicted molar refractivity (Wildman–Crippen MR) is 145 cm³/mol. The number of imidazole rings is 1. The zero-order valence-electron chi connectivity index (χ0n) is 19.1. The molecular weight excluding hydrogens is 470 g/mol. The highest BCUT2D eigenvalue weighted by molar-refractivity contribution is 7.21. The molecule has 0 amide bonds. The number of aromatic nitrogens is 2. The maximum absolute atomic E-state index is 13.7. The van der Waals surface area contributed by atoms with Crippen molar-refractivity contribution in [1.29, 1.82) is 0 Å². The van der Waals surface area contributed by atoms with Gasteiger partial charge in [0.25, 0.3) is 0 Å². The summed E-state index contributed by atoms with van der Waals surface area (Å²) in [6, 6.07) is 33.3. The van der Waals surface area contributed by atoms with Crippen molar-refractivity contribution < 1.29 is 8.78 Å². The van der Waals surface area contributed by atoms with Gasteiger partial charge in [0.2, 0.25) is 0 Å². The monoisotopic (exact) mass is 490 g/mol. The van der Waals surface area contributed by atoms with E-state index in [0.29, 0.717) is 0 Å². The Hall–Kier alpha value is -4.35. The summed E-state index contributed by atoms with van der Waals surface area (Å²) in [4.78, 5) is 6.97. The first-order valence-corrected chi connectivity index (χ1v) is 12.3. The van der Waals surface area contributed by atoms with Crippen molar-refractivity contribution in [3.63, 3.8) is 0 Å². The number of nitrogens with zero attached hydrogens (tertiary/aromatic N) is 2. The van der Waals surface area contributed by atoms with Crippen molar-refractivity contribution in [2.75, 3.05) is 0 Å². The van der Waals surface area contributed by atoms with Crippen LogP contribution in [0.15, 0.2) is 109 Å². The van der Waals surface area contributed by atoms with E-state index in [0.717, 1.165) is 49.2 Å². The van der Waals surface area contributed by atoms with Crippen molar-refractivity contribution in [2.24, 2.45) is 0 Å². The lowest BCUT2D eigenvalue weighted by Gasteiger charge is -2.08. The fourth-order valence-electron chi connectivity index (χ4n) is 4.30. The number of thiazole rings is 1. The van der Waals surface area contributed by atoms with Gasteiger partial charge < -0.3 is 0 Å². The molecule has 174 valence electrons. The second-order valence-electron chi connectivity index (χ2n) is 8.37. The number of hydrogen-bond acceptors (Lipinski definition) is 2. The smallest absolute Gasteiger partial charge is 0.195 e. The van der Waals surface area contributed by atoms with Gasteiger partial charge in [0, 0.05) is 11.1 Å². The molecule has 2 heterocycles. The van der Waals surface area contributed by atoms with Crippen LogP contribution in [0.5, 0.6) is 0 Å². The number of rotatable bonds is 5. The molecule has 2 nitrogen and oxygen atoms in total. The molecule has 6 rings (SSSR count). The van der Waals surface area contributed by atoms with Gasteiger partial charge in [-0.15, -0.1) is 0 Å². The summed E-state index contributed by atoms with van der Waals surface area (Å²) in [6.07, 6.45) is 3.95. The fraction of sp³-hybridized carbons (Fsp3) is 0. The highest BCUT2D eigenvalue weighted by atomic mass is 32.1. The van der Waals surface area contributed by atoms with E-state index < -0.39 is 0 Å².